The number of nitrogens with one attached hydrogen (secondary N) is 3. The zero-order valence-electron chi connectivity index (χ0n) is 19.1. The van der Waals surface area contributed by atoms with Gasteiger partial charge in [0, 0.05) is 31.3 Å². The number of carbonyl (C=O) groups is 4. The maximum absolute atomic E-state index is 13.1. The molecule has 2 heterocycles. The smallest absolute Gasteiger partial charge is 0.326 e. The molecule has 0 radical (unpaired) electrons. The Morgan fingerprint density at radius 2 is 1.83 bits per heavy atom. The van der Waals surface area contributed by atoms with Crippen molar-refractivity contribution < 1.29 is 29.4 Å². The molecular formula is C23H30N6O6. The fourth-order valence-corrected chi connectivity index (χ4v) is 4.01. The van der Waals surface area contributed by atoms with Crippen molar-refractivity contribution in [3.05, 3.63) is 54.1 Å². The molecule has 0 aliphatic carbocycles. The molecule has 12 nitrogen and oxygen atoms in total. The van der Waals surface area contributed by atoms with Crippen LogP contribution in [-0.4, -0.2) is 86.1 Å². The van der Waals surface area contributed by atoms with Gasteiger partial charge in [-0.15, -0.1) is 0 Å². The number of rotatable bonds is 11. The second-order valence-corrected chi connectivity index (χ2v) is 8.41. The van der Waals surface area contributed by atoms with E-state index < -0.39 is 54.5 Å². The van der Waals surface area contributed by atoms with Gasteiger partial charge in [-0.05, 0) is 18.4 Å². The summed E-state index contributed by atoms with van der Waals surface area (Å²) in [5, 5.41) is 24.2. The largest absolute Gasteiger partial charge is 0.480 e. The SMILES string of the molecule is NC(Cc1cnc[nH]1)C(=O)NC(Cc1ccccc1)C(=O)NC(CO)C(=O)N1CCCC1C(=O)O. The first-order chi connectivity index (χ1) is 16.8. The first-order valence-electron chi connectivity index (χ1n) is 11.3. The van der Waals surface area contributed by atoms with Gasteiger partial charge in [0.25, 0.3) is 0 Å². The van der Waals surface area contributed by atoms with E-state index >= 15 is 0 Å². The lowest BCUT2D eigenvalue weighted by Gasteiger charge is -2.28. The number of imidazole rings is 1. The van der Waals surface area contributed by atoms with Gasteiger partial charge in [-0.1, -0.05) is 30.3 Å². The summed E-state index contributed by atoms with van der Waals surface area (Å²) in [6.07, 6.45) is 4.11. The number of amides is 3. The van der Waals surface area contributed by atoms with Crippen molar-refractivity contribution in [1.29, 1.82) is 0 Å². The van der Waals surface area contributed by atoms with Crippen LogP contribution >= 0.6 is 0 Å². The fourth-order valence-electron chi connectivity index (χ4n) is 4.01. The molecule has 1 fully saturated rings. The Kier molecular flexibility index (Phi) is 8.92. The number of hydrogen-bond donors (Lipinski definition) is 6. The highest BCUT2D eigenvalue weighted by molar-refractivity contribution is 5.94. The monoisotopic (exact) mass is 486 g/mol. The third-order valence-electron chi connectivity index (χ3n) is 5.87. The Morgan fingerprint density at radius 1 is 1.11 bits per heavy atom. The average molecular weight is 487 g/mol. The Morgan fingerprint density at radius 3 is 2.46 bits per heavy atom. The number of carboxylic acids is 1. The van der Waals surface area contributed by atoms with Crippen LogP contribution in [0, 0.1) is 0 Å². The number of aliphatic hydroxyl groups excluding tert-OH is 1. The average Bonchev–Trinajstić information content (AvgIpc) is 3.54. The Hall–Kier alpha value is -3.77. The van der Waals surface area contributed by atoms with E-state index in [1.807, 2.05) is 6.07 Å². The molecule has 1 saturated heterocycles. The molecule has 1 aromatic carbocycles. The summed E-state index contributed by atoms with van der Waals surface area (Å²) in [5.41, 5.74) is 7.42. The topological polar surface area (TPSA) is 191 Å². The number of likely N-dealkylation sites (tertiary alicyclic amines) is 1. The third-order valence-corrected chi connectivity index (χ3v) is 5.87. The zero-order valence-corrected chi connectivity index (χ0v) is 19.1. The van der Waals surface area contributed by atoms with E-state index in [2.05, 4.69) is 20.6 Å². The molecule has 1 aliphatic rings. The van der Waals surface area contributed by atoms with Crippen LogP contribution in [-0.2, 0) is 32.0 Å². The number of nitrogens with zero attached hydrogens (tertiary/aromatic N) is 2. The van der Waals surface area contributed by atoms with Crippen molar-refractivity contribution in [3.8, 4) is 0 Å². The number of aliphatic hydroxyl groups is 1. The molecule has 1 aromatic heterocycles. The maximum Gasteiger partial charge on any atom is 0.326 e. The standard InChI is InChI=1S/C23H30N6O6/c24-16(10-15-11-25-13-26-15)20(31)27-17(9-14-5-2-1-3-6-14)21(32)28-18(12-30)22(33)29-8-4-7-19(29)23(34)35/h1-3,5-6,11,13,16-19,30H,4,7-10,12,24H2,(H,25,26)(H,27,31)(H,28,32)(H,34,35). The van der Waals surface area contributed by atoms with Crippen molar-refractivity contribution in [3.63, 3.8) is 0 Å². The Bertz CT molecular complexity index is 1010. The number of aromatic nitrogens is 2. The molecular weight excluding hydrogens is 456 g/mol. The summed E-state index contributed by atoms with van der Waals surface area (Å²) < 4.78 is 0. The number of nitrogens with two attached hydrogens (primary N) is 1. The summed E-state index contributed by atoms with van der Waals surface area (Å²) in [6.45, 7) is -0.506. The van der Waals surface area contributed by atoms with E-state index in [9.17, 15) is 29.4 Å². The number of aliphatic carboxylic acids is 1. The quantitative estimate of drug-likeness (QED) is 0.222. The molecule has 4 atom stereocenters. The molecule has 3 rings (SSSR count). The number of carbonyl (C=O) groups excluding carboxylic acids is 3. The van der Waals surface area contributed by atoms with Crippen molar-refractivity contribution in [2.24, 2.45) is 5.73 Å². The molecule has 1 aliphatic heterocycles. The predicted octanol–water partition coefficient (Wildman–Crippen LogP) is -1.44. The second kappa shape index (κ2) is 12.1. The Balaban J connectivity index is 1.71. The van der Waals surface area contributed by atoms with Crippen LogP contribution in [0.25, 0.3) is 0 Å². The lowest BCUT2D eigenvalue weighted by atomic mass is 10.0. The second-order valence-electron chi connectivity index (χ2n) is 8.41. The van der Waals surface area contributed by atoms with Gasteiger partial charge in [0.1, 0.15) is 18.1 Å². The molecule has 12 heteroatoms. The van der Waals surface area contributed by atoms with Gasteiger partial charge < -0.3 is 36.5 Å². The van der Waals surface area contributed by atoms with E-state index in [0.29, 0.717) is 18.5 Å². The molecule has 0 spiro atoms. The fraction of sp³-hybridized carbons (Fsp3) is 0.435. The summed E-state index contributed by atoms with van der Waals surface area (Å²) in [4.78, 5) is 58.1. The molecule has 0 bridgehead atoms. The molecule has 0 saturated carbocycles. The van der Waals surface area contributed by atoms with E-state index in [0.717, 1.165) is 10.5 Å². The lowest BCUT2D eigenvalue weighted by molar-refractivity contribution is -0.150. The van der Waals surface area contributed by atoms with Crippen molar-refractivity contribution in [2.45, 2.75) is 49.9 Å². The maximum atomic E-state index is 13.1. The first kappa shape index (κ1) is 25.8. The molecule has 188 valence electrons. The highest BCUT2D eigenvalue weighted by atomic mass is 16.4. The zero-order chi connectivity index (χ0) is 25.4. The summed E-state index contributed by atoms with van der Waals surface area (Å²) in [6, 6.07) is 4.55. The van der Waals surface area contributed by atoms with Gasteiger partial charge in [-0.25, -0.2) is 9.78 Å². The van der Waals surface area contributed by atoms with Crippen LogP contribution in [0.5, 0.6) is 0 Å². The molecule has 35 heavy (non-hydrogen) atoms. The summed E-state index contributed by atoms with van der Waals surface area (Å²) in [7, 11) is 0. The van der Waals surface area contributed by atoms with E-state index in [1.54, 1.807) is 30.5 Å². The predicted molar refractivity (Wildman–Crippen MR) is 124 cm³/mol. The minimum atomic E-state index is -1.35. The van der Waals surface area contributed by atoms with E-state index in [1.165, 1.54) is 6.33 Å². The minimum Gasteiger partial charge on any atom is -0.480 e. The number of hydrogen-bond acceptors (Lipinski definition) is 7. The van der Waals surface area contributed by atoms with Gasteiger partial charge in [0.2, 0.25) is 17.7 Å². The van der Waals surface area contributed by atoms with Gasteiger partial charge in [-0.3, -0.25) is 14.4 Å². The first-order valence-corrected chi connectivity index (χ1v) is 11.3. The van der Waals surface area contributed by atoms with Crippen LogP contribution in [0.1, 0.15) is 24.1 Å². The van der Waals surface area contributed by atoms with Crippen LogP contribution in [0.4, 0.5) is 0 Å². The Labute approximate surface area is 201 Å². The van der Waals surface area contributed by atoms with Crippen molar-refractivity contribution >= 4 is 23.7 Å². The van der Waals surface area contributed by atoms with Gasteiger partial charge in [0.15, 0.2) is 0 Å². The number of aromatic amines is 1. The van der Waals surface area contributed by atoms with Gasteiger partial charge in [0.05, 0.1) is 19.0 Å². The molecule has 7 N–H and O–H groups in total. The van der Waals surface area contributed by atoms with Crippen LogP contribution in [0.15, 0.2) is 42.9 Å². The summed E-state index contributed by atoms with van der Waals surface area (Å²) in [5.74, 6) is -3.10. The van der Waals surface area contributed by atoms with Crippen molar-refractivity contribution in [1.82, 2.24) is 25.5 Å². The normalized spacial score (nSPS) is 17.9. The molecule has 4 unspecified atom stereocenters. The molecule has 3 amide bonds. The lowest BCUT2D eigenvalue weighted by Crippen LogP contribution is -2.58. The van der Waals surface area contributed by atoms with Crippen LogP contribution < -0.4 is 16.4 Å². The van der Waals surface area contributed by atoms with Gasteiger partial charge in [-0.2, -0.15) is 0 Å². The number of benzene rings is 1. The van der Waals surface area contributed by atoms with Crippen molar-refractivity contribution in [2.75, 3.05) is 13.2 Å². The number of carboxylic acid groups (broad SMARTS) is 1. The third kappa shape index (κ3) is 6.87. The minimum absolute atomic E-state index is 0.114. The van der Waals surface area contributed by atoms with E-state index in [-0.39, 0.29) is 19.4 Å². The van der Waals surface area contributed by atoms with Gasteiger partial charge >= 0.3 is 5.97 Å². The highest BCUT2D eigenvalue weighted by Gasteiger charge is 2.38. The highest BCUT2D eigenvalue weighted by Crippen LogP contribution is 2.18. The number of H-pyrrole nitrogens is 1. The van der Waals surface area contributed by atoms with Crippen LogP contribution in [0.3, 0.4) is 0 Å². The summed E-state index contributed by atoms with van der Waals surface area (Å²) >= 11 is 0. The van der Waals surface area contributed by atoms with Crippen LogP contribution in [0.2, 0.25) is 0 Å². The molecule has 2 aromatic rings. The van der Waals surface area contributed by atoms with E-state index in [4.69, 9.17) is 5.73 Å².